The van der Waals surface area contributed by atoms with E-state index in [4.69, 9.17) is 0 Å². The molecule has 0 aliphatic rings. The Morgan fingerprint density at radius 3 is 2.30 bits per heavy atom. The lowest BCUT2D eigenvalue weighted by Crippen LogP contribution is -2.27. The van der Waals surface area contributed by atoms with Crippen LogP contribution in [0.3, 0.4) is 0 Å². The largest absolute Gasteiger partial charge is 0.307 e. The van der Waals surface area contributed by atoms with Gasteiger partial charge in [-0.05, 0) is 49.1 Å². The standard InChI is InChI=1S/C15H31N5/c1-11(2)8-7-9-13(5)20-15(17-18-19-20)14(6)16-10-12(3)4/h11-14,16H,7-10H2,1-6H3. The Labute approximate surface area is 123 Å². The number of aromatic nitrogens is 4. The number of nitrogens with one attached hydrogen (secondary N) is 1. The Morgan fingerprint density at radius 2 is 1.70 bits per heavy atom. The number of tetrazole rings is 1. The molecule has 0 aromatic carbocycles. The maximum atomic E-state index is 4.20. The van der Waals surface area contributed by atoms with Crippen molar-refractivity contribution in [2.45, 2.75) is 72.9 Å². The van der Waals surface area contributed by atoms with E-state index in [2.05, 4.69) is 62.4 Å². The lowest BCUT2D eigenvalue weighted by atomic mass is 10.0. The molecule has 0 aliphatic carbocycles. The van der Waals surface area contributed by atoms with Gasteiger partial charge < -0.3 is 5.32 Å². The van der Waals surface area contributed by atoms with Crippen LogP contribution in [0.5, 0.6) is 0 Å². The minimum atomic E-state index is 0.194. The van der Waals surface area contributed by atoms with Crippen LogP contribution < -0.4 is 5.32 Å². The molecule has 0 amide bonds. The zero-order valence-electron chi connectivity index (χ0n) is 13.9. The van der Waals surface area contributed by atoms with Gasteiger partial charge in [-0.1, -0.05) is 40.5 Å². The number of nitrogens with zero attached hydrogens (tertiary/aromatic N) is 4. The Kier molecular flexibility index (Phi) is 7.13. The van der Waals surface area contributed by atoms with E-state index < -0.39 is 0 Å². The summed E-state index contributed by atoms with van der Waals surface area (Å²) in [5.74, 6) is 2.34. The van der Waals surface area contributed by atoms with Gasteiger partial charge in [-0.3, -0.25) is 0 Å². The van der Waals surface area contributed by atoms with Crippen molar-refractivity contribution in [1.29, 1.82) is 0 Å². The molecule has 0 saturated carbocycles. The second kappa shape index (κ2) is 8.35. The zero-order valence-corrected chi connectivity index (χ0v) is 13.9. The molecule has 2 atom stereocenters. The van der Waals surface area contributed by atoms with Gasteiger partial charge in [0, 0.05) is 0 Å². The van der Waals surface area contributed by atoms with Crippen molar-refractivity contribution in [2.24, 2.45) is 11.8 Å². The lowest BCUT2D eigenvalue weighted by molar-refractivity contribution is 0.380. The molecular weight excluding hydrogens is 250 g/mol. The summed E-state index contributed by atoms with van der Waals surface area (Å²) < 4.78 is 1.98. The third kappa shape index (κ3) is 5.57. The van der Waals surface area contributed by atoms with E-state index in [1.54, 1.807) is 0 Å². The zero-order chi connectivity index (χ0) is 15.1. The van der Waals surface area contributed by atoms with Crippen molar-refractivity contribution >= 4 is 0 Å². The molecule has 0 bridgehead atoms. The molecule has 0 aliphatic heterocycles. The molecule has 0 fully saturated rings. The summed E-state index contributed by atoms with van der Waals surface area (Å²) in [4.78, 5) is 0. The van der Waals surface area contributed by atoms with Crippen LogP contribution in [0.2, 0.25) is 0 Å². The van der Waals surface area contributed by atoms with Gasteiger partial charge in [-0.2, -0.15) is 0 Å². The number of hydrogen-bond donors (Lipinski definition) is 1. The molecule has 1 aromatic heterocycles. The fourth-order valence-electron chi connectivity index (χ4n) is 2.25. The van der Waals surface area contributed by atoms with Crippen molar-refractivity contribution in [3.63, 3.8) is 0 Å². The average molecular weight is 281 g/mol. The Balaban J connectivity index is 2.56. The summed E-state index contributed by atoms with van der Waals surface area (Å²) in [5.41, 5.74) is 0. The van der Waals surface area contributed by atoms with Crippen LogP contribution in [-0.4, -0.2) is 26.8 Å². The maximum Gasteiger partial charge on any atom is 0.168 e. The van der Waals surface area contributed by atoms with Crippen LogP contribution in [0.4, 0.5) is 0 Å². The van der Waals surface area contributed by atoms with Crippen molar-refractivity contribution in [1.82, 2.24) is 25.5 Å². The molecule has 0 saturated heterocycles. The average Bonchev–Trinajstić information content (AvgIpc) is 2.84. The van der Waals surface area contributed by atoms with Crippen LogP contribution in [-0.2, 0) is 0 Å². The normalized spacial score (nSPS) is 15.0. The maximum absolute atomic E-state index is 4.20. The minimum absolute atomic E-state index is 0.194. The second-order valence-corrected chi connectivity index (χ2v) is 6.68. The van der Waals surface area contributed by atoms with E-state index in [9.17, 15) is 0 Å². The molecule has 1 N–H and O–H groups in total. The molecule has 5 nitrogen and oxygen atoms in total. The fourth-order valence-corrected chi connectivity index (χ4v) is 2.25. The molecule has 1 rings (SSSR count). The summed E-state index contributed by atoms with van der Waals surface area (Å²) in [6, 6.07) is 0.557. The molecule has 0 radical (unpaired) electrons. The van der Waals surface area contributed by atoms with E-state index >= 15 is 0 Å². The molecule has 116 valence electrons. The molecule has 2 unspecified atom stereocenters. The predicted molar refractivity (Wildman–Crippen MR) is 82.5 cm³/mol. The predicted octanol–water partition coefficient (Wildman–Crippen LogP) is 3.37. The van der Waals surface area contributed by atoms with Gasteiger partial charge in [0.25, 0.3) is 0 Å². The highest BCUT2D eigenvalue weighted by atomic mass is 15.6. The summed E-state index contributed by atoms with van der Waals surface area (Å²) in [6.45, 7) is 14.3. The van der Waals surface area contributed by atoms with Gasteiger partial charge in [0.2, 0.25) is 0 Å². The van der Waals surface area contributed by atoms with Gasteiger partial charge in [0.1, 0.15) is 0 Å². The van der Waals surface area contributed by atoms with Gasteiger partial charge in [-0.15, -0.1) is 5.10 Å². The van der Waals surface area contributed by atoms with Crippen LogP contribution in [0.1, 0.15) is 78.7 Å². The summed E-state index contributed by atoms with van der Waals surface area (Å²) >= 11 is 0. The molecule has 0 spiro atoms. The van der Waals surface area contributed by atoms with Crippen LogP contribution >= 0.6 is 0 Å². The van der Waals surface area contributed by atoms with E-state index in [1.807, 2.05) is 4.68 Å². The first-order chi connectivity index (χ1) is 9.41. The van der Waals surface area contributed by atoms with Crippen LogP contribution in [0.15, 0.2) is 0 Å². The molecule has 5 heteroatoms. The number of hydrogen-bond acceptors (Lipinski definition) is 4. The smallest absolute Gasteiger partial charge is 0.168 e. The van der Waals surface area contributed by atoms with E-state index in [0.29, 0.717) is 12.0 Å². The fraction of sp³-hybridized carbons (Fsp3) is 0.933. The molecule has 1 aromatic rings. The van der Waals surface area contributed by atoms with E-state index in [-0.39, 0.29) is 6.04 Å². The van der Waals surface area contributed by atoms with Gasteiger partial charge in [-0.25, -0.2) is 4.68 Å². The topological polar surface area (TPSA) is 55.6 Å². The second-order valence-electron chi connectivity index (χ2n) is 6.68. The molecule has 20 heavy (non-hydrogen) atoms. The quantitative estimate of drug-likeness (QED) is 0.754. The summed E-state index contributed by atoms with van der Waals surface area (Å²) in [6.07, 6.45) is 3.63. The minimum Gasteiger partial charge on any atom is -0.307 e. The third-order valence-electron chi connectivity index (χ3n) is 3.56. The van der Waals surface area contributed by atoms with Crippen molar-refractivity contribution < 1.29 is 0 Å². The van der Waals surface area contributed by atoms with Gasteiger partial charge in [0.05, 0.1) is 12.1 Å². The first kappa shape index (κ1) is 17.1. The van der Waals surface area contributed by atoms with Crippen molar-refractivity contribution in [2.75, 3.05) is 6.54 Å². The SMILES string of the molecule is CC(C)CCCC(C)n1nnnc1C(C)NCC(C)C. The highest BCUT2D eigenvalue weighted by Crippen LogP contribution is 2.19. The first-order valence-corrected chi connectivity index (χ1v) is 7.93. The van der Waals surface area contributed by atoms with Gasteiger partial charge >= 0.3 is 0 Å². The highest BCUT2D eigenvalue weighted by molar-refractivity contribution is 4.91. The monoisotopic (exact) mass is 281 g/mol. The summed E-state index contributed by atoms with van der Waals surface area (Å²) in [7, 11) is 0. The first-order valence-electron chi connectivity index (χ1n) is 7.93. The molecule has 1 heterocycles. The summed E-state index contributed by atoms with van der Waals surface area (Å²) in [5, 5.41) is 15.7. The number of rotatable bonds is 9. The highest BCUT2D eigenvalue weighted by Gasteiger charge is 2.18. The van der Waals surface area contributed by atoms with E-state index in [0.717, 1.165) is 24.7 Å². The van der Waals surface area contributed by atoms with Gasteiger partial charge in [0.15, 0.2) is 5.82 Å². The van der Waals surface area contributed by atoms with Crippen molar-refractivity contribution in [3.8, 4) is 0 Å². The van der Waals surface area contributed by atoms with Crippen LogP contribution in [0.25, 0.3) is 0 Å². The van der Waals surface area contributed by atoms with Crippen molar-refractivity contribution in [3.05, 3.63) is 5.82 Å². The van der Waals surface area contributed by atoms with Crippen LogP contribution in [0, 0.1) is 11.8 Å². The lowest BCUT2D eigenvalue weighted by Gasteiger charge is -2.18. The van der Waals surface area contributed by atoms with E-state index in [1.165, 1.54) is 12.8 Å². The Morgan fingerprint density at radius 1 is 1.00 bits per heavy atom. The third-order valence-corrected chi connectivity index (χ3v) is 3.56. The Bertz CT molecular complexity index is 372. The Hall–Kier alpha value is -0.970. The molecular formula is C15H31N5.